The van der Waals surface area contributed by atoms with Gasteiger partial charge in [0.2, 0.25) is 11.8 Å². The fraction of sp³-hybridized carbons (Fsp3) is 0.857. The molecule has 3 amide bonds. The Morgan fingerprint density at radius 2 is 1.40 bits per heavy atom. The molecule has 3 rings (SSSR count). The van der Waals surface area contributed by atoms with Crippen molar-refractivity contribution in [1.82, 2.24) is 20.9 Å². The van der Waals surface area contributed by atoms with Crippen molar-refractivity contribution in [2.75, 3.05) is 19.6 Å². The average Bonchev–Trinajstić information content (AvgIpc) is 3.57. The van der Waals surface area contributed by atoms with E-state index in [-0.39, 0.29) is 94.3 Å². The van der Waals surface area contributed by atoms with Crippen LogP contribution in [0, 0.1) is 11.8 Å². The van der Waals surface area contributed by atoms with Gasteiger partial charge in [-0.3, -0.25) is 9.59 Å². The van der Waals surface area contributed by atoms with Gasteiger partial charge in [0.15, 0.2) is 0 Å². The van der Waals surface area contributed by atoms with E-state index in [1.807, 2.05) is 34.5 Å². The highest BCUT2D eigenvalue weighted by Gasteiger charge is 2.51. The highest BCUT2D eigenvalue weighted by atomic mass is 16.7. The summed E-state index contributed by atoms with van der Waals surface area (Å²) in [4.78, 5) is 69.5. The number of amides is 3. The van der Waals surface area contributed by atoms with Crippen LogP contribution < -0.4 is 16.0 Å². The second-order valence-corrected chi connectivity index (χ2v) is 15.1. The molecule has 300 valence electrons. The van der Waals surface area contributed by atoms with Crippen molar-refractivity contribution in [2.45, 2.75) is 164 Å². The Balaban J connectivity index is -0.000000878. The number of carbonyl (C=O) groups excluding carboxylic acids is 7. The van der Waals surface area contributed by atoms with Gasteiger partial charge in [0.05, 0.1) is 17.2 Å². The first-order chi connectivity index (χ1) is 23.0. The molecule has 0 aromatic carbocycles. The lowest BCUT2D eigenvalue weighted by Crippen LogP contribution is -2.41. The van der Waals surface area contributed by atoms with Gasteiger partial charge in [0.25, 0.3) is 6.92 Å². The Morgan fingerprint density at radius 3 is 1.85 bits per heavy atom. The quantitative estimate of drug-likeness (QED) is 0.236. The van der Waals surface area contributed by atoms with Crippen molar-refractivity contribution < 1.29 is 52.6 Å². The molecule has 3 aliphatic rings. The molecular weight excluding hydrogens is 674 g/mol. The molecule has 17 heteroatoms. The van der Waals surface area contributed by atoms with E-state index >= 15 is 0 Å². The maximum Gasteiger partial charge on any atom is 0.457 e. The largest absolute Gasteiger partial charge is 0.457 e. The van der Waals surface area contributed by atoms with Crippen LogP contribution in [0.2, 0.25) is 19.5 Å². The third-order valence-corrected chi connectivity index (χ3v) is 9.24. The van der Waals surface area contributed by atoms with Gasteiger partial charge >= 0.3 is 25.5 Å². The lowest BCUT2D eigenvalue weighted by atomic mass is 9.66. The fourth-order valence-electron chi connectivity index (χ4n) is 6.24. The standard InChI is InChI=1S/C21H39BN2O5.C10H21BN2O2.2CO2.2CH4/c1-14-16(11-10-12-22-28-20(6,7)21(8,9)29-22)17(23-15(2)25)13-24(14)18(26)27-19(3,4)5;1-8(14)13-10-7-12-6-9(10)4-3-5-11(2)15;2*2-1-3;;/h14,16-17H,10-13H2,1-9H3,(H,23,25);9-10,12,15H,3-7H2,1-2H3,(H,13,14);;;2*1H4/t14-,16+,17+;9-,10-;;;;/m10..../s1. The molecule has 0 aromatic heterocycles. The van der Waals surface area contributed by atoms with Crippen molar-refractivity contribution in [2.24, 2.45) is 11.8 Å². The first kappa shape index (κ1) is 53.3. The summed E-state index contributed by atoms with van der Waals surface area (Å²) in [5.41, 5.74) is -1.20. The molecule has 0 radical (unpaired) electrons. The molecule has 0 unspecified atom stereocenters. The summed E-state index contributed by atoms with van der Waals surface area (Å²) in [6.45, 7) is 22.8. The SMILES string of the molecule is C.C.CB(O)CCC[C@H]1CNC[C@@H]1NC(C)=O.CC(=O)N[C@H]1CN(C(=O)OC(C)(C)C)[C@H](C)[C@@H]1CCCB1OC(C)(C)C(C)(C)O1.O=C=O.O=C=O. The van der Waals surface area contributed by atoms with Crippen LogP contribution in [0.1, 0.15) is 110 Å². The minimum atomic E-state index is -0.546. The zero-order chi connectivity index (χ0) is 38.9. The zero-order valence-corrected chi connectivity index (χ0v) is 31.9. The second kappa shape index (κ2) is 25.0. The third-order valence-electron chi connectivity index (χ3n) is 9.24. The van der Waals surface area contributed by atoms with Gasteiger partial charge in [-0.1, -0.05) is 34.5 Å². The third kappa shape index (κ3) is 19.7. The molecular formula is C35H68B2N4O11. The molecule has 3 fully saturated rings. The highest BCUT2D eigenvalue weighted by molar-refractivity contribution is 6.48. The Hall–Kier alpha value is -3.06. The van der Waals surface area contributed by atoms with Crippen molar-refractivity contribution in [3.8, 4) is 0 Å². The predicted molar refractivity (Wildman–Crippen MR) is 199 cm³/mol. The summed E-state index contributed by atoms with van der Waals surface area (Å²) in [6.07, 6.45) is 5.68. The van der Waals surface area contributed by atoms with Gasteiger partial charge in [0, 0.05) is 51.5 Å². The lowest BCUT2D eigenvalue weighted by molar-refractivity contribution is -0.193. The molecule has 5 atom stereocenters. The molecule has 0 aromatic rings. The van der Waals surface area contributed by atoms with Crippen LogP contribution in [0.4, 0.5) is 4.79 Å². The number of rotatable bonds is 10. The van der Waals surface area contributed by atoms with Crippen molar-refractivity contribution in [3.05, 3.63) is 0 Å². The molecule has 0 bridgehead atoms. The average molecular weight is 743 g/mol. The predicted octanol–water partition coefficient (Wildman–Crippen LogP) is 3.83. The van der Waals surface area contributed by atoms with Gasteiger partial charge in [-0.25, -0.2) is 4.79 Å². The Bertz CT molecular complexity index is 1110. The number of ether oxygens (including phenoxy) is 1. The van der Waals surface area contributed by atoms with E-state index in [9.17, 15) is 14.4 Å². The number of nitrogens with one attached hydrogen (secondary N) is 3. The van der Waals surface area contributed by atoms with E-state index in [1.54, 1.807) is 11.8 Å². The van der Waals surface area contributed by atoms with Gasteiger partial charge in [-0.2, -0.15) is 19.2 Å². The van der Waals surface area contributed by atoms with E-state index in [2.05, 4.69) is 43.6 Å². The number of nitrogens with zero attached hydrogens (tertiary/aromatic N) is 1. The molecule has 4 N–H and O–H groups in total. The van der Waals surface area contributed by atoms with Crippen LogP contribution in [0.25, 0.3) is 0 Å². The first-order valence-electron chi connectivity index (χ1n) is 17.3. The second-order valence-electron chi connectivity index (χ2n) is 15.1. The van der Waals surface area contributed by atoms with Crippen molar-refractivity contribution >= 4 is 44.2 Å². The molecule has 3 heterocycles. The zero-order valence-electron chi connectivity index (χ0n) is 31.9. The Kier molecular flexibility index (Phi) is 25.7. The molecule has 52 heavy (non-hydrogen) atoms. The molecule has 0 saturated carbocycles. The maximum absolute atomic E-state index is 12.6. The van der Waals surface area contributed by atoms with E-state index < -0.39 is 5.60 Å². The minimum absolute atomic E-state index is 0. The molecule has 3 aliphatic heterocycles. The normalized spacial score (nSPS) is 23.5. The molecule has 3 saturated heterocycles. The maximum atomic E-state index is 12.6. The van der Waals surface area contributed by atoms with Crippen LogP contribution >= 0.6 is 0 Å². The topological polar surface area (TPSA) is 207 Å². The van der Waals surface area contributed by atoms with Gasteiger partial charge in [0.1, 0.15) is 5.60 Å². The van der Waals surface area contributed by atoms with Crippen LogP contribution in [0.15, 0.2) is 0 Å². The molecule has 0 aliphatic carbocycles. The van der Waals surface area contributed by atoms with Crippen LogP contribution in [-0.4, -0.2) is 109 Å². The molecule has 0 spiro atoms. The number of hydrogen-bond donors (Lipinski definition) is 4. The van der Waals surface area contributed by atoms with Crippen LogP contribution in [0.5, 0.6) is 0 Å². The smallest absolute Gasteiger partial charge is 0.451 e. The summed E-state index contributed by atoms with van der Waals surface area (Å²) in [6, 6.07) is 0.185. The summed E-state index contributed by atoms with van der Waals surface area (Å²) in [5.74, 6) is 0.648. The first-order valence-corrected chi connectivity index (χ1v) is 17.3. The highest BCUT2D eigenvalue weighted by Crippen LogP contribution is 2.39. The van der Waals surface area contributed by atoms with E-state index in [0.29, 0.717) is 12.5 Å². The number of hydrogen-bond acceptors (Lipinski definition) is 12. The van der Waals surface area contributed by atoms with Gasteiger partial charge in [-0.05, 0) is 86.8 Å². The minimum Gasteiger partial charge on any atom is -0.451 e. The number of likely N-dealkylation sites (tertiary alicyclic amines) is 1. The van der Waals surface area contributed by atoms with Crippen molar-refractivity contribution in [3.63, 3.8) is 0 Å². The summed E-state index contributed by atoms with van der Waals surface area (Å²) < 4.78 is 17.7. The Morgan fingerprint density at radius 1 is 0.923 bits per heavy atom. The Labute approximate surface area is 313 Å². The van der Waals surface area contributed by atoms with Gasteiger partial charge < -0.3 is 39.9 Å². The lowest BCUT2D eigenvalue weighted by Gasteiger charge is -2.32. The summed E-state index contributed by atoms with van der Waals surface area (Å²) >= 11 is 0. The monoisotopic (exact) mass is 743 g/mol. The number of carbonyl (C=O) groups is 3. The summed E-state index contributed by atoms with van der Waals surface area (Å²) in [5, 5.41) is 18.4. The van der Waals surface area contributed by atoms with E-state index in [1.165, 1.54) is 6.92 Å². The van der Waals surface area contributed by atoms with Gasteiger partial charge in [-0.15, -0.1) is 0 Å². The van der Waals surface area contributed by atoms with Crippen LogP contribution in [-0.2, 0) is 42.8 Å². The van der Waals surface area contributed by atoms with E-state index in [4.69, 9.17) is 38.2 Å². The fourth-order valence-corrected chi connectivity index (χ4v) is 6.24. The molecule has 15 nitrogen and oxygen atoms in total. The summed E-state index contributed by atoms with van der Waals surface area (Å²) in [7, 11) is -0.224. The van der Waals surface area contributed by atoms with Crippen molar-refractivity contribution in [1.29, 1.82) is 0 Å². The van der Waals surface area contributed by atoms with Crippen LogP contribution in [0.3, 0.4) is 0 Å². The van der Waals surface area contributed by atoms with E-state index in [0.717, 1.165) is 51.4 Å².